The van der Waals surface area contributed by atoms with Crippen molar-refractivity contribution in [2.75, 3.05) is 13.1 Å². The van der Waals surface area contributed by atoms with E-state index in [9.17, 15) is 32.0 Å². The number of pyridine rings is 1. The van der Waals surface area contributed by atoms with E-state index in [1.807, 2.05) is 6.07 Å². The lowest BCUT2D eigenvalue weighted by Crippen LogP contribution is -2.66. The number of nitrogens with one attached hydrogen (secondary N) is 2. The minimum atomic E-state index is -4.15. The minimum Gasteiger partial charge on any atom is -0.336 e. The molecule has 5 rings (SSSR count). The van der Waals surface area contributed by atoms with Crippen LogP contribution in [0.2, 0.25) is 5.02 Å². The Morgan fingerprint density at radius 1 is 1.26 bits per heavy atom. The van der Waals surface area contributed by atoms with Gasteiger partial charge in [0.15, 0.2) is 9.84 Å². The second-order valence-electron chi connectivity index (χ2n) is 9.70. The van der Waals surface area contributed by atoms with Gasteiger partial charge in [0.1, 0.15) is 34.4 Å². The van der Waals surface area contributed by atoms with Gasteiger partial charge in [-0.05, 0) is 72.4 Å². The number of carbonyl (C=O) groups excluding carboxylic acids is 2. The summed E-state index contributed by atoms with van der Waals surface area (Å²) in [7, 11) is -4.15. The summed E-state index contributed by atoms with van der Waals surface area (Å²) in [6, 6.07) is 4.95. The highest BCUT2D eigenvalue weighted by atomic mass is 79.9. The molecule has 3 fully saturated rings. The van der Waals surface area contributed by atoms with Crippen molar-refractivity contribution >= 4 is 49.2 Å². The first-order chi connectivity index (χ1) is 17.9. The van der Waals surface area contributed by atoms with Gasteiger partial charge in [0.2, 0.25) is 11.8 Å². The van der Waals surface area contributed by atoms with Crippen LogP contribution in [0.25, 0.3) is 0 Å². The number of nitrogens with zero attached hydrogens (tertiary/aromatic N) is 3. The maximum Gasteiger partial charge on any atom is 0.250 e. The van der Waals surface area contributed by atoms with E-state index in [1.165, 1.54) is 6.20 Å². The fourth-order valence-corrected chi connectivity index (χ4v) is 7.84. The van der Waals surface area contributed by atoms with Gasteiger partial charge in [-0.1, -0.05) is 11.6 Å². The average molecular weight is 629 g/mol. The molecule has 14 heteroatoms. The number of likely N-dealkylation sites (tertiary alicyclic amines) is 1. The molecule has 1 aromatic heterocycles. The number of rotatable bonds is 6. The summed E-state index contributed by atoms with van der Waals surface area (Å²) in [5, 5.41) is 13.8. The van der Waals surface area contributed by atoms with Crippen molar-refractivity contribution in [2.45, 2.75) is 52.9 Å². The molecule has 2 amide bonds. The maximum absolute atomic E-state index is 14.9. The molecule has 9 nitrogen and oxygen atoms in total. The first-order valence-corrected chi connectivity index (χ1v) is 14.4. The van der Waals surface area contributed by atoms with E-state index in [0.717, 1.165) is 29.2 Å². The van der Waals surface area contributed by atoms with Crippen LogP contribution >= 0.6 is 27.5 Å². The molecule has 0 spiro atoms. The lowest BCUT2D eigenvalue weighted by molar-refractivity contribution is -0.147. The van der Waals surface area contributed by atoms with E-state index in [0.29, 0.717) is 19.4 Å². The molecule has 1 saturated carbocycles. The molecule has 2 saturated heterocycles. The van der Waals surface area contributed by atoms with Gasteiger partial charge in [0.05, 0.1) is 21.2 Å². The van der Waals surface area contributed by atoms with E-state index >= 15 is 0 Å². The largest absolute Gasteiger partial charge is 0.336 e. The molecule has 0 radical (unpaired) electrons. The second-order valence-corrected chi connectivity index (χ2v) is 13.2. The summed E-state index contributed by atoms with van der Waals surface area (Å²) in [5.74, 6) is -2.85. The number of sulfone groups is 1. The zero-order valence-electron chi connectivity index (χ0n) is 19.7. The van der Waals surface area contributed by atoms with Crippen LogP contribution in [0.4, 0.5) is 8.78 Å². The lowest BCUT2D eigenvalue weighted by Gasteiger charge is -2.44. The molecule has 3 aliphatic rings. The van der Waals surface area contributed by atoms with E-state index in [-0.39, 0.29) is 39.5 Å². The predicted octanol–water partition coefficient (Wildman–Crippen LogP) is 2.58. The zero-order chi connectivity index (χ0) is 27.5. The molecule has 200 valence electrons. The molecular weight excluding hydrogens is 608 g/mol. The van der Waals surface area contributed by atoms with Crippen molar-refractivity contribution in [1.82, 2.24) is 20.5 Å². The predicted molar refractivity (Wildman–Crippen MR) is 134 cm³/mol. The highest BCUT2D eigenvalue weighted by molar-refractivity contribution is 9.10. The number of carbonyl (C=O) groups is 2. The molecule has 0 bridgehead atoms. The summed E-state index contributed by atoms with van der Waals surface area (Å²) >= 11 is 8.93. The van der Waals surface area contributed by atoms with Crippen molar-refractivity contribution < 1.29 is 26.8 Å². The third kappa shape index (κ3) is 4.47. The summed E-state index contributed by atoms with van der Waals surface area (Å²) in [5.41, 5.74) is -2.88. The number of halogens is 4. The summed E-state index contributed by atoms with van der Waals surface area (Å²) in [6.07, 6.45) is 1.96. The number of amides is 2. The van der Waals surface area contributed by atoms with E-state index in [2.05, 4.69) is 31.5 Å². The Hall–Kier alpha value is -2.66. The third-order valence-corrected chi connectivity index (χ3v) is 10.6. The van der Waals surface area contributed by atoms with Crippen LogP contribution in [0.1, 0.15) is 31.4 Å². The molecule has 2 aromatic rings. The average Bonchev–Trinajstić information content (AvgIpc) is 3.44. The van der Waals surface area contributed by atoms with Gasteiger partial charge >= 0.3 is 0 Å². The molecule has 1 unspecified atom stereocenters. The molecule has 3 atom stereocenters. The number of benzene rings is 1. The quantitative estimate of drug-likeness (QED) is 0.470. The SMILES string of the molecule is N#CC1(NC(=O)[C@@H]2C[C@@H](S(=O)(=O)c3ccc(F)cc3Br)CN2C(=O)C2(c3ncc(Cl)cc3F)CCN2)CC1. The number of aromatic nitrogens is 1. The van der Waals surface area contributed by atoms with Crippen molar-refractivity contribution in [1.29, 1.82) is 5.26 Å². The molecular formula is C24H21BrClF2N5O4S. The Kier molecular flexibility index (Phi) is 6.74. The molecule has 1 aliphatic carbocycles. The van der Waals surface area contributed by atoms with Crippen LogP contribution in [-0.2, 0) is 25.0 Å². The van der Waals surface area contributed by atoms with Crippen LogP contribution in [0.3, 0.4) is 0 Å². The van der Waals surface area contributed by atoms with E-state index in [4.69, 9.17) is 11.6 Å². The zero-order valence-corrected chi connectivity index (χ0v) is 22.8. The van der Waals surface area contributed by atoms with Gasteiger partial charge in [-0.25, -0.2) is 17.2 Å². The topological polar surface area (TPSA) is 132 Å². The van der Waals surface area contributed by atoms with Crippen molar-refractivity contribution in [3.05, 3.63) is 57.3 Å². The van der Waals surface area contributed by atoms with Gasteiger partial charge in [0.25, 0.3) is 0 Å². The number of hydrogen-bond acceptors (Lipinski definition) is 7. The van der Waals surface area contributed by atoms with Gasteiger partial charge in [-0.2, -0.15) is 5.26 Å². The maximum atomic E-state index is 14.9. The summed E-state index contributed by atoms with van der Waals surface area (Å²) in [4.78, 5) is 32.3. The van der Waals surface area contributed by atoms with Crippen molar-refractivity contribution in [3.8, 4) is 6.07 Å². The first-order valence-electron chi connectivity index (χ1n) is 11.7. The van der Waals surface area contributed by atoms with Crippen LogP contribution in [0.15, 0.2) is 39.8 Å². The smallest absolute Gasteiger partial charge is 0.250 e. The molecule has 3 heterocycles. The Balaban J connectivity index is 1.52. The Morgan fingerprint density at radius 2 is 1.97 bits per heavy atom. The lowest BCUT2D eigenvalue weighted by atomic mass is 9.82. The minimum absolute atomic E-state index is 0.00857. The second kappa shape index (κ2) is 9.51. The van der Waals surface area contributed by atoms with Gasteiger partial charge in [-0.3, -0.25) is 19.9 Å². The third-order valence-electron chi connectivity index (χ3n) is 7.30. The molecule has 38 heavy (non-hydrogen) atoms. The van der Waals surface area contributed by atoms with Crippen molar-refractivity contribution in [3.63, 3.8) is 0 Å². The van der Waals surface area contributed by atoms with Crippen LogP contribution in [-0.4, -0.2) is 60.0 Å². The van der Waals surface area contributed by atoms with Crippen LogP contribution in [0.5, 0.6) is 0 Å². The number of nitriles is 1. The van der Waals surface area contributed by atoms with Crippen LogP contribution < -0.4 is 10.6 Å². The fraction of sp³-hybridized carbons (Fsp3) is 0.417. The van der Waals surface area contributed by atoms with Crippen molar-refractivity contribution in [2.24, 2.45) is 0 Å². The summed E-state index contributed by atoms with van der Waals surface area (Å²) in [6.45, 7) is -0.0107. The fourth-order valence-electron chi connectivity index (χ4n) is 4.92. The molecule has 2 aliphatic heterocycles. The van der Waals surface area contributed by atoms with Crippen LogP contribution in [0, 0.1) is 23.0 Å². The van der Waals surface area contributed by atoms with Gasteiger partial charge in [-0.15, -0.1) is 0 Å². The molecule has 2 N–H and O–H groups in total. The van der Waals surface area contributed by atoms with E-state index in [1.54, 1.807) is 0 Å². The molecule has 1 aromatic carbocycles. The Bertz CT molecular complexity index is 1490. The van der Waals surface area contributed by atoms with E-state index < -0.39 is 55.7 Å². The van der Waals surface area contributed by atoms with Gasteiger partial charge in [0, 0.05) is 17.2 Å². The normalized spacial score (nSPS) is 25.8. The highest BCUT2D eigenvalue weighted by Gasteiger charge is 2.56. The highest BCUT2D eigenvalue weighted by Crippen LogP contribution is 2.40. The summed E-state index contributed by atoms with van der Waals surface area (Å²) < 4.78 is 55.7. The monoisotopic (exact) mass is 627 g/mol. The Labute approximate surface area is 230 Å². The Morgan fingerprint density at radius 3 is 2.53 bits per heavy atom. The van der Waals surface area contributed by atoms with Gasteiger partial charge < -0.3 is 10.2 Å². The first kappa shape index (κ1) is 26.9. The number of hydrogen-bond donors (Lipinski definition) is 2. The standard InChI is InChI=1S/C24H21BrClF2N5O4S/c25-16-8-14(27)1-2-19(16)38(36,37)15-9-18(21(34)32-23(12-29)3-4-23)33(11-15)22(35)24(5-6-31-24)20-17(28)7-13(26)10-30-20/h1-2,7-8,10,15,18,31H,3-6,9,11H2,(H,32,34)/t15-,18+,24?/m1/s1.